The first kappa shape index (κ1) is 21.1. The molecule has 3 rings (SSSR count). The van der Waals surface area contributed by atoms with Crippen LogP contribution < -0.4 is 0 Å². The number of piperidine rings is 1. The SMILES string of the molecule is O=C(CC(F)(F)F)N1CCN(C(=O)C2CCCN(C(=O)c3ccccc3)C2)CC1. The molecule has 2 fully saturated rings. The highest BCUT2D eigenvalue weighted by molar-refractivity contribution is 5.94. The van der Waals surface area contributed by atoms with E-state index in [1.165, 1.54) is 0 Å². The molecule has 2 heterocycles. The number of hydrogen-bond acceptors (Lipinski definition) is 3. The minimum absolute atomic E-state index is 0.0973. The molecule has 6 nitrogen and oxygen atoms in total. The predicted octanol–water partition coefficient (Wildman–Crippen LogP) is 2.16. The molecular formula is C20H24F3N3O3. The van der Waals surface area contributed by atoms with E-state index in [1.807, 2.05) is 6.07 Å². The molecule has 2 saturated heterocycles. The summed E-state index contributed by atoms with van der Waals surface area (Å²) in [5, 5.41) is 0. The second-order valence-corrected chi connectivity index (χ2v) is 7.45. The molecule has 3 amide bonds. The largest absolute Gasteiger partial charge is 0.397 e. The van der Waals surface area contributed by atoms with E-state index in [-0.39, 0.29) is 43.9 Å². The number of hydrogen-bond donors (Lipinski definition) is 0. The molecule has 9 heteroatoms. The van der Waals surface area contributed by atoms with Crippen LogP contribution in [0, 0.1) is 5.92 Å². The smallest absolute Gasteiger partial charge is 0.339 e. The molecule has 29 heavy (non-hydrogen) atoms. The van der Waals surface area contributed by atoms with Gasteiger partial charge in [0, 0.05) is 44.8 Å². The number of amides is 3. The van der Waals surface area contributed by atoms with Crippen molar-refractivity contribution in [2.24, 2.45) is 5.92 Å². The van der Waals surface area contributed by atoms with Crippen LogP contribution in [0.15, 0.2) is 30.3 Å². The minimum atomic E-state index is -4.53. The zero-order valence-electron chi connectivity index (χ0n) is 16.0. The predicted molar refractivity (Wildman–Crippen MR) is 98.9 cm³/mol. The van der Waals surface area contributed by atoms with Crippen LogP contribution in [0.3, 0.4) is 0 Å². The summed E-state index contributed by atoms with van der Waals surface area (Å²) in [4.78, 5) is 41.6. The highest BCUT2D eigenvalue weighted by atomic mass is 19.4. The second-order valence-electron chi connectivity index (χ2n) is 7.45. The van der Waals surface area contributed by atoms with Crippen molar-refractivity contribution in [3.8, 4) is 0 Å². The fourth-order valence-corrected chi connectivity index (χ4v) is 3.84. The van der Waals surface area contributed by atoms with Gasteiger partial charge in [0.1, 0.15) is 6.42 Å². The zero-order valence-corrected chi connectivity index (χ0v) is 16.0. The van der Waals surface area contributed by atoms with Crippen molar-refractivity contribution in [2.75, 3.05) is 39.3 Å². The zero-order chi connectivity index (χ0) is 21.0. The standard InChI is InChI=1S/C20H24F3N3O3/c21-20(22,23)13-17(27)24-9-11-25(12-10-24)19(29)16-7-4-8-26(14-16)18(28)15-5-2-1-3-6-15/h1-3,5-6,16H,4,7-14H2. The van der Waals surface area contributed by atoms with Crippen molar-refractivity contribution in [2.45, 2.75) is 25.4 Å². The Morgan fingerprint density at radius 2 is 1.52 bits per heavy atom. The molecule has 1 atom stereocenters. The Morgan fingerprint density at radius 3 is 2.14 bits per heavy atom. The monoisotopic (exact) mass is 411 g/mol. The highest BCUT2D eigenvalue weighted by Crippen LogP contribution is 2.23. The average molecular weight is 411 g/mol. The molecule has 2 aliphatic heterocycles. The van der Waals surface area contributed by atoms with Crippen molar-refractivity contribution in [3.05, 3.63) is 35.9 Å². The molecule has 0 spiro atoms. The van der Waals surface area contributed by atoms with Crippen LogP contribution in [0.25, 0.3) is 0 Å². The Bertz CT molecular complexity index is 746. The molecule has 0 bridgehead atoms. The summed E-state index contributed by atoms with van der Waals surface area (Å²) < 4.78 is 37.2. The van der Waals surface area contributed by atoms with Crippen LogP contribution >= 0.6 is 0 Å². The summed E-state index contributed by atoms with van der Waals surface area (Å²) in [5.74, 6) is -1.49. The third-order valence-electron chi connectivity index (χ3n) is 5.37. The van der Waals surface area contributed by atoms with E-state index in [1.54, 1.807) is 34.1 Å². The maximum atomic E-state index is 12.9. The van der Waals surface area contributed by atoms with E-state index in [2.05, 4.69) is 0 Å². The average Bonchev–Trinajstić information content (AvgIpc) is 2.72. The fourth-order valence-electron chi connectivity index (χ4n) is 3.84. The molecule has 158 valence electrons. The number of benzene rings is 1. The molecule has 0 aromatic heterocycles. The van der Waals surface area contributed by atoms with E-state index in [0.717, 1.165) is 11.3 Å². The van der Waals surface area contributed by atoms with Crippen LogP contribution in [-0.4, -0.2) is 77.9 Å². The molecule has 2 aliphatic rings. The number of carbonyl (C=O) groups excluding carboxylic acids is 3. The summed E-state index contributed by atoms with van der Waals surface area (Å²) >= 11 is 0. The van der Waals surface area contributed by atoms with Crippen LogP contribution in [0.1, 0.15) is 29.6 Å². The molecular weight excluding hydrogens is 387 g/mol. The van der Waals surface area contributed by atoms with Crippen molar-refractivity contribution >= 4 is 17.7 Å². The molecule has 1 aromatic rings. The van der Waals surface area contributed by atoms with E-state index < -0.39 is 18.5 Å². The van der Waals surface area contributed by atoms with Gasteiger partial charge in [-0.2, -0.15) is 13.2 Å². The van der Waals surface area contributed by atoms with E-state index >= 15 is 0 Å². The summed E-state index contributed by atoms with van der Waals surface area (Å²) in [5.41, 5.74) is 0.581. The Labute approximate surface area is 167 Å². The van der Waals surface area contributed by atoms with E-state index in [4.69, 9.17) is 0 Å². The van der Waals surface area contributed by atoms with E-state index in [0.29, 0.717) is 25.1 Å². The van der Waals surface area contributed by atoms with Gasteiger partial charge in [-0.3, -0.25) is 14.4 Å². The first-order chi connectivity index (χ1) is 13.7. The van der Waals surface area contributed by atoms with Crippen LogP contribution in [0.4, 0.5) is 13.2 Å². The number of likely N-dealkylation sites (tertiary alicyclic amines) is 1. The number of halogens is 3. The highest BCUT2D eigenvalue weighted by Gasteiger charge is 2.36. The van der Waals surface area contributed by atoms with Gasteiger partial charge >= 0.3 is 6.18 Å². The fraction of sp³-hybridized carbons (Fsp3) is 0.550. The summed E-state index contributed by atoms with van der Waals surface area (Å²) in [6.45, 7) is 1.55. The minimum Gasteiger partial charge on any atom is -0.339 e. The summed E-state index contributed by atoms with van der Waals surface area (Å²) in [6.07, 6.45) is -4.61. The first-order valence-electron chi connectivity index (χ1n) is 9.72. The molecule has 0 radical (unpaired) electrons. The number of carbonyl (C=O) groups is 3. The number of alkyl halides is 3. The molecule has 1 aromatic carbocycles. The lowest BCUT2D eigenvalue weighted by Gasteiger charge is -2.39. The van der Waals surface area contributed by atoms with Gasteiger partial charge in [0.2, 0.25) is 11.8 Å². The van der Waals surface area contributed by atoms with Crippen LogP contribution in [-0.2, 0) is 9.59 Å². The lowest BCUT2D eigenvalue weighted by molar-refractivity contribution is -0.163. The lowest BCUT2D eigenvalue weighted by Crippen LogP contribution is -2.54. The lowest BCUT2D eigenvalue weighted by atomic mass is 9.95. The van der Waals surface area contributed by atoms with Gasteiger partial charge in [-0.1, -0.05) is 18.2 Å². The topological polar surface area (TPSA) is 60.9 Å². The van der Waals surface area contributed by atoms with Crippen molar-refractivity contribution in [3.63, 3.8) is 0 Å². The maximum absolute atomic E-state index is 12.9. The Hall–Kier alpha value is -2.58. The van der Waals surface area contributed by atoms with Crippen molar-refractivity contribution in [1.29, 1.82) is 0 Å². The van der Waals surface area contributed by atoms with Crippen LogP contribution in [0.5, 0.6) is 0 Å². The normalized spacial score (nSPS) is 20.5. The molecule has 0 N–H and O–H groups in total. The van der Waals surface area contributed by atoms with Gasteiger partial charge in [-0.15, -0.1) is 0 Å². The third-order valence-corrected chi connectivity index (χ3v) is 5.37. The van der Waals surface area contributed by atoms with Crippen LogP contribution in [0.2, 0.25) is 0 Å². The number of nitrogens with zero attached hydrogens (tertiary/aromatic N) is 3. The molecule has 0 aliphatic carbocycles. The van der Waals surface area contributed by atoms with Gasteiger partial charge in [-0.05, 0) is 25.0 Å². The van der Waals surface area contributed by atoms with E-state index in [9.17, 15) is 27.6 Å². The van der Waals surface area contributed by atoms with Gasteiger partial charge in [0.15, 0.2) is 0 Å². The Balaban J connectivity index is 1.53. The Kier molecular flexibility index (Phi) is 6.44. The quantitative estimate of drug-likeness (QED) is 0.766. The first-order valence-corrected chi connectivity index (χ1v) is 9.72. The second kappa shape index (κ2) is 8.84. The van der Waals surface area contributed by atoms with Crippen molar-refractivity contribution < 1.29 is 27.6 Å². The molecule has 1 unspecified atom stereocenters. The summed E-state index contributed by atoms with van der Waals surface area (Å²) in [7, 11) is 0. The van der Waals surface area contributed by atoms with Gasteiger partial charge in [0.05, 0.1) is 5.92 Å². The maximum Gasteiger partial charge on any atom is 0.397 e. The van der Waals surface area contributed by atoms with Gasteiger partial charge in [0.25, 0.3) is 5.91 Å². The Morgan fingerprint density at radius 1 is 0.897 bits per heavy atom. The van der Waals surface area contributed by atoms with Crippen molar-refractivity contribution in [1.82, 2.24) is 14.7 Å². The molecule has 0 saturated carbocycles. The third kappa shape index (κ3) is 5.48. The number of rotatable bonds is 3. The summed E-state index contributed by atoms with van der Waals surface area (Å²) in [6, 6.07) is 8.90. The van der Waals surface area contributed by atoms with Gasteiger partial charge in [-0.25, -0.2) is 0 Å². The number of piperazine rings is 1. The van der Waals surface area contributed by atoms with Gasteiger partial charge < -0.3 is 14.7 Å².